The van der Waals surface area contributed by atoms with Gasteiger partial charge in [0, 0.05) is 5.92 Å². The van der Waals surface area contributed by atoms with Crippen LogP contribution in [0, 0.1) is 5.92 Å². The van der Waals surface area contributed by atoms with Crippen molar-refractivity contribution in [3.8, 4) is 0 Å². The lowest BCUT2D eigenvalue weighted by atomic mass is 9.87. The van der Waals surface area contributed by atoms with E-state index in [1.807, 2.05) is 38.1 Å². The Morgan fingerprint density at radius 2 is 0.921 bits per heavy atom. The maximum Gasteiger partial charge on any atom is 0.335 e. The van der Waals surface area contributed by atoms with Gasteiger partial charge in [0.25, 0.3) is 0 Å². The van der Waals surface area contributed by atoms with Crippen LogP contribution in [0.15, 0.2) is 48.5 Å². The van der Waals surface area contributed by atoms with E-state index in [9.17, 15) is 19.8 Å². The molecule has 0 fully saturated rings. The maximum absolute atomic E-state index is 10.6. The number of carboxylic acids is 2. The van der Waals surface area contributed by atoms with Crippen LogP contribution in [0.3, 0.4) is 0 Å². The highest BCUT2D eigenvalue weighted by molar-refractivity contribution is 5.88. The first-order valence-electron chi connectivity index (χ1n) is 13.5. The molecule has 0 aliphatic carbocycles. The van der Waals surface area contributed by atoms with Gasteiger partial charge in [0.15, 0.2) is 0 Å². The number of carboxylic acid groups (broad SMARTS) is 2. The van der Waals surface area contributed by atoms with Crippen molar-refractivity contribution in [1.29, 1.82) is 0 Å². The summed E-state index contributed by atoms with van der Waals surface area (Å²) >= 11 is 0. The topological polar surface area (TPSA) is 115 Å². The van der Waals surface area contributed by atoms with Crippen molar-refractivity contribution < 1.29 is 30.0 Å². The van der Waals surface area contributed by atoms with Gasteiger partial charge in [-0.05, 0) is 65.5 Å². The Labute approximate surface area is 229 Å². The Morgan fingerprint density at radius 3 is 1.11 bits per heavy atom. The fraction of sp³-hybridized carbons (Fsp3) is 0.562. The molecule has 0 bridgehead atoms. The molecule has 2 aromatic rings. The fourth-order valence-corrected chi connectivity index (χ4v) is 3.81. The molecule has 2 unspecified atom stereocenters. The Hall–Kier alpha value is -2.70. The molecule has 2 rings (SSSR count). The highest BCUT2D eigenvalue weighted by Crippen LogP contribution is 2.23. The number of carbonyl (C=O) groups is 2. The molecular formula is C32H50O6. The molecule has 0 heterocycles. The van der Waals surface area contributed by atoms with Crippen molar-refractivity contribution in [2.45, 2.75) is 111 Å². The van der Waals surface area contributed by atoms with E-state index < -0.39 is 11.9 Å². The zero-order valence-electron chi connectivity index (χ0n) is 24.8. The third kappa shape index (κ3) is 12.7. The molecule has 0 aliphatic heterocycles. The number of benzene rings is 2. The van der Waals surface area contributed by atoms with Crippen LogP contribution in [0.4, 0.5) is 0 Å². The van der Waals surface area contributed by atoms with E-state index in [0.29, 0.717) is 11.1 Å². The quantitative estimate of drug-likeness (QED) is 0.284. The molecule has 0 saturated heterocycles. The highest BCUT2D eigenvalue weighted by atomic mass is 16.4. The lowest BCUT2D eigenvalue weighted by Gasteiger charge is -2.25. The molecule has 0 saturated carbocycles. The van der Waals surface area contributed by atoms with Crippen molar-refractivity contribution in [2.24, 2.45) is 5.92 Å². The highest BCUT2D eigenvalue weighted by Gasteiger charge is 2.23. The SMILES string of the molecule is CC(C)(C)c1ccc(C(=O)O)cc1.CC(C)(C)c1ccc(C(=O)O)cc1.CCCC(C(O)CC)C(O)CC. The van der Waals surface area contributed by atoms with E-state index in [2.05, 4.69) is 48.5 Å². The lowest BCUT2D eigenvalue weighted by Crippen LogP contribution is -2.30. The van der Waals surface area contributed by atoms with E-state index in [-0.39, 0.29) is 29.0 Å². The monoisotopic (exact) mass is 530 g/mol. The zero-order chi connectivity index (χ0) is 29.7. The molecule has 0 spiro atoms. The molecule has 4 N–H and O–H groups in total. The molecule has 0 aliphatic rings. The van der Waals surface area contributed by atoms with E-state index in [1.165, 1.54) is 0 Å². The van der Waals surface area contributed by atoms with Crippen LogP contribution < -0.4 is 0 Å². The van der Waals surface area contributed by atoms with E-state index in [0.717, 1.165) is 36.8 Å². The van der Waals surface area contributed by atoms with E-state index in [1.54, 1.807) is 24.3 Å². The van der Waals surface area contributed by atoms with Crippen molar-refractivity contribution in [3.05, 3.63) is 70.8 Å². The minimum absolute atomic E-state index is 0.0741. The van der Waals surface area contributed by atoms with Crippen LogP contribution >= 0.6 is 0 Å². The van der Waals surface area contributed by atoms with Crippen molar-refractivity contribution in [1.82, 2.24) is 0 Å². The molecule has 6 nitrogen and oxygen atoms in total. The molecule has 38 heavy (non-hydrogen) atoms. The first kappa shape index (κ1) is 35.3. The summed E-state index contributed by atoms with van der Waals surface area (Å²) < 4.78 is 0. The second-order valence-electron chi connectivity index (χ2n) is 11.7. The number of hydrogen-bond acceptors (Lipinski definition) is 4. The van der Waals surface area contributed by atoms with Gasteiger partial charge in [0.05, 0.1) is 23.3 Å². The summed E-state index contributed by atoms with van der Waals surface area (Å²) in [6, 6.07) is 14.0. The molecule has 214 valence electrons. The first-order valence-corrected chi connectivity index (χ1v) is 13.5. The van der Waals surface area contributed by atoms with Gasteiger partial charge in [-0.25, -0.2) is 9.59 Å². The van der Waals surface area contributed by atoms with Gasteiger partial charge in [0.2, 0.25) is 0 Å². The van der Waals surface area contributed by atoms with E-state index in [4.69, 9.17) is 10.2 Å². The van der Waals surface area contributed by atoms with E-state index >= 15 is 0 Å². The average Bonchev–Trinajstić information content (AvgIpc) is 2.86. The minimum atomic E-state index is -0.875. The number of rotatable bonds is 8. The number of hydrogen-bond donors (Lipinski definition) is 4. The molecule has 0 radical (unpaired) electrons. The van der Waals surface area contributed by atoms with Crippen molar-refractivity contribution in [3.63, 3.8) is 0 Å². The Balaban J connectivity index is 0.000000541. The molecule has 6 heteroatoms. The van der Waals surface area contributed by atoms with Gasteiger partial charge in [-0.15, -0.1) is 0 Å². The van der Waals surface area contributed by atoms with Crippen LogP contribution in [0.5, 0.6) is 0 Å². The molecule has 0 aromatic heterocycles. The third-order valence-corrected chi connectivity index (χ3v) is 6.44. The summed E-state index contributed by atoms with van der Waals surface area (Å²) in [5.74, 6) is -1.68. The van der Waals surface area contributed by atoms with Crippen LogP contribution in [0.25, 0.3) is 0 Å². The summed E-state index contributed by atoms with van der Waals surface area (Å²) in [7, 11) is 0. The average molecular weight is 531 g/mol. The number of aliphatic hydroxyl groups is 2. The zero-order valence-corrected chi connectivity index (χ0v) is 24.8. The molecule has 2 aromatic carbocycles. The van der Waals surface area contributed by atoms with Gasteiger partial charge in [0.1, 0.15) is 0 Å². The predicted molar refractivity (Wildman–Crippen MR) is 155 cm³/mol. The summed E-state index contributed by atoms with van der Waals surface area (Å²) in [5, 5.41) is 36.5. The summed E-state index contributed by atoms with van der Waals surface area (Å²) in [6.45, 7) is 18.6. The standard InChI is InChI=1S/2C11H14O2.C10H22O2/c2*1-11(2,3)9-6-4-8(5-7-9)10(12)13;1-4-7-8(9(11)5-2)10(12)6-3/h2*4-7H,1-3H3,(H,12,13);8-12H,4-7H2,1-3H3. The van der Waals surface area contributed by atoms with Crippen LogP contribution in [-0.2, 0) is 10.8 Å². The second-order valence-corrected chi connectivity index (χ2v) is 11.7. The maximum atomic E-state index is 10.6. The van der Waals surface area contributed by atoms with Crippen LogP contribution in [0.1, 0.15) is 120 Å². The third-order valence-electron chi connectivity index (χ3n) is 6.44. The van der Waals surface area contributed by atoms with Gasteiger partial charge in [-0.2, -0.15) is 0 Å². The van der Waals surface area contributed by atoms with Gasteiger partial charge in [-0.3, -0.25) is 0 Å². The molecule has 0 amide bonds. The normalized spacial score (nSPS) is 13.7. The fourth-order valence-electron chi connectivity index (χ4n) is 3.81. The summed E-state index contributed by atoms with van der Waals surface area (Å²) in [5.41, 5.74) is 3.14. The van der Waals surface area contributed by atoms with Gasteiger partial charge < -0.3 is 20.4 Å². The van der Waals surface area contributed by atoms with Crippen molar-refractivity contribution in [2.75, 3.05) is 0 Å². The Kier molecular flexibility index (Phi) is 15.1. The minimum Gasteiger partial charge on any atom is -0.478 e. The lowest BCUT2D eigenvalue weighted by molar-refractivity contribution is 0.00433. The smallest absolute Gasteiger partial charge is 0.335 e. The Bertz CT molecular complexity index is 872. The summed E-state index contributed by atoms with van der Waals surface area (Å²) in [4.78, 5) is 21.1. The summed E-state index contributed by atoms with van der Waals surface area (Å²) in [6.07, 6.45) is 2.76. The largest absolute Gasteiger partial charge is 0.478 e. The predicted octanol–water partition coefficient (Wildman–Crippen LogP) is 7.31. The Morgan fingerprint density at radius 1 is 0.632 bits per heavy atom. The van der Waals surface area contributed by atoms with Crippen LogP contribution in [-0.4, -0.2) is 44.6 Å². The molecule has 2 atom stereocenters. The number of aliphatic hydroxyl groups excluding tert-OH is 2. The number of aromatic carboxylic acids is 2. The molecular weight excluding hydrogens is 480 g/mol. The van der Waals surface area contributed by atoms with Crippen molar-refractivity contribution >= 4 is 11.9 Å². The van der Waals surface area contributed by atoms with Gasteiger partial charge >= 0.3 is 11.9 Å². The van der Waals surface area contributed by atoms with Gasteiger partial charge in [-0.1, -0.05) is 93.0 Å². The van der Waals surface area contributed by atoms with Crippen LogP contribution in [0.2, 0.25) is 0 Å². The second kappa shape index (κ2) is 16.3. The first-order chi connectivity index (χ1) is 17.5.